The van der Waals surface area contributed by atoms with Crippen LogP contribution in [0, 0.1) is 13.8 Å². The summed E-state index contributed by atoms with van der Waals surface area (Å²) >= 11 is 7.71. The van der Waals surface area contributed by atoms with Gasteiger partial charge >= 0.3 is 6.09 Å². The number of thioether (sulfide) groups is 1. The molecule has 1 atom stereocenters. The Labute approximate surface area is 201 Å². The van der Waals surface area contributed by atoms with Crippen LogP contribution in [0.15, 0.2) is 21.8 Å². The minimum absolute atomic E-state index is 0.0188. The van der Waals surface area contributed by atoms with Crippen LogP contribution in [0.1, 0.15) is 40.5 Å². The topological polar surface area (TPSA) is 130 Å². The molecule has 1 aromatic carbocycles. The molecule has 1 aromatic heterocycles. The van der Waals surface area contributed by atoms with Crippen molar-refractivity contribution in [3.63, 3.8) is 0 Å². The number of phenols is 1. The van der Waals surface area contributed by atoms with Gasteiger partial charge in [-0.05, 0) is 39.2 Å². The summed E-state index contributed by atoms with van der Waals surface area (Å²) in [7, 11) is 1.27. The summed E-state index contributed by atoms with van der Waals surface area (Å²) in [6.45, 7) is 5.45. The molecule has 0 saturated heterocycles. The number of aromatic hydroxyl groups is 1. The molecule has 0 aliphatic carbocycles. The number of aryl methyl sites for hydroxylation is 1. The third-order valence-corrected chi connectivity index (χ3v) is 5.99. The molecule has 0 radical (unpaired) electrons. The maximum Gasteiger partial charge on any atom is 0.406 e. The lowest BCUT2D eigenvalue weighted by Gasteiger charge is -2.19. The molecule has 1 heterocycles. The summed E-state index contributed by atoms with van der Waals surface area (Å²) in [6.07, 6.45) is 1.36. The number of ether oxygens (including phenoxy) is 2. The number of methoxy groups -OCH3 is 1. The van der Waals surface area contributed by atoms with E-state index in [1.54, 1.807) is 20.8 Å². The van der Waals surface area contributed by atoms with Gasteiger partial charge in [0.15, 0.2) is 11.5 Å². The smallest absolute Gasteiger partial charge is 0.406 e. The van der Waals surface area contributed by atoms with E-state index >= 15 is 0 Å². The number of hydrogen-bond acceptors (Lipinski definition) is 7. The van der Waals surface area contributed by atoms with Gasteiger partial charge in [0.05, 0.1) is 18.2 Å². The number of phenolic OH excluding ortho intramolecular Hbond substituents is 1. The zero-order chi connectivity index (χ0) is 24.7. The summed E-state index contributed by atoms with van der Waals surface area (Å²) in [5.74, 6) is -0.687. The molecule has 0 bridgehead atoms. The van der Waals surface area contributed by atoms with Gasteiger partial charge in [-0.2, -0.15) is 0 Å². The number of pyridine rings is 1. The Balaban J connectivity index is 2.14. The summed E-state index contributed by atoms with van der Waals surface area (Å²) in [5, 5.41) is 15.9. The number of hydrogen-bond donors (Lipinski definition) is 4. The molecule has 2 aromatic rings. The van der Waals surface area contributed by atoms with Crippen molar-refractivity contribution in [1.29, 1.82) is 0 Å². The van der Waals surface area contributed by atoms with Crippen molar-refractivity contribution in [3.8, 4) is 11.5 Å². The van der Waals surface area contributed by atoms with Crippen LogP contribution in [0.4, 0.5) is 4.79 Å². The van der Waals surface area contributed by atoms with Gasteiger partial charge in [-0.25, -0.2) is 4.79 Å². The average Bonchev–Trinajstić information content (AvgIpc) is 2.77. The van der Waals surface area contributed by atoms with Crippen LogP contribution in [-0.4, -0.2) is 48.1 Å². The Hall–Kier alpha value is -2.85. The Morgan fingerprint density at radius 3 is 2.61 bits per heavy atom. The van der Waals surface area contributed by atoms with Gasteiger partial charge in [-0.1, -0.05) is 11.6 Å². The summed E-state index contributed by atoms with van der Waals surface area (Å²) in [5.41, 5.74) is 1.37. The number of carbonyl (C=O) groups excluding carboxylic acids is 2. The molecule has 9 nitrogen and oxygen atoms in total. The molecule has 2 rings (SSSR count). The molecular formula is C22H28ClN3O6S. The second-order valence-corrected chi connectivity index (χ2v) is 8.61. The van der Waals surface area contributed by atoms with Crippen molar-refractivity contribution in [3.05, 3.63) is 49.9 Å². The molecule has 11 heteroatoms. The molecule has 33 heavy (non-hydrogen) atoms. The maximum atomic E-state index is 12.8. The van der Waals surface area contributed by atoms with E-state index in [4.69, 9.17) is 16.3 Å². The van der Waals surface area contributed by atoms with Crippen molar-refractivity contribution >= 4 is 35.4 Å². The molecule has 0 fully saturated rings. The third kappa shape index (κ3) is 6.82. The number of nitrogens with one attached hydrogen (secondary N) is 3. The van der Waals surface area contributed by atoms with Crippen molar-refractivity contribution in [2.75, 3.05) is 19.9 Å². The second-order valence-electron chi connectivity index (χ2n) is 7.36. The standard InChI is InChI=1S/C22H28ClN3O6S/c1-11-8-17(33-5)15(21(29)26-11)10-25-20(28)14-9-16(23)19(18(27)13(14)3)32-12(2)6-7-24-22(30)31-4/h8-9,12,27H,6-7,10H2,1-5H3,(H,24,30)(H,25,28)(H,26,29). The monoisotopic (exact) mass is 497 g/mol. The first-order valence-electron chi connectivity index (χ1n) is 10.1. The molecular weight excluding hydrogens is 470 g/mol. The number of halogens is 1. The highest BCUT2D eigenvalue weighted by atomic mass is 35.5. The number of aromatic nitrogens is 1. The van der Waals surface area contributed by atoms with E-state index in [9.17, 15) is 19.5 Å². The van der Waals surface area contributed by atoms with E-state index in [0.717, 1.165) is 10.6 Å². The van der Waals surface area contributed by atoms with E-state index in [1.807, 2.05) is 12.3 Å². The number of H-pyrrole nitrogens is 1. The third-order valence-electron chi connectivity index (χ3n) is 4.91. The average molecular weight is 498 g/mol. The van der Waals surface area contributed by atoms with Crippen LogP contribution in [0.5, 0.6) is 11.5 Å². The predicted molar refractivity (Wildman–Crippen MR) is 128 cm³/mol. The van der Waals surface area contributed by atoms with Gasteiger partial charge in [0, 0.05) is 46.8 Å². The zero-order valence-corrected chi connectivity index (χ0v) is 20.7. The SMILES string of the molecule is COC(=O)NCCC(C)Oc1c(Cl)cc(C(=O)NCc2c(SC)cc(C)[nH]c2=O)c(C)c1O. The van der Waals surface area contributed by atoms with Gasteiger partial charge in [0.1, 0.15) is 0 Å². The quantitative estimate of drug-likeness (QED) is 0.390. The van der Waals surface area contributed by atoms with Crippen molar-refractivity contribution in [2.45, 2.75) is 44.7 Å². The summed E-state index contributed by atoms with van der Waals surface area (Å²) < 4.78 is 10.2. The van der Waals surface area contributed by atoms with Gasteiger partial charge in [0.25, 0.3) is 11.5 Å². The fourth-order valence-electron chi connectivity index (χ4n) is 3.07. The predicted octanol–water partition coefficient (Wildman–Crippen LogP) is 3.52. The Morgan fingerprint density at radius 2 is 1.97 bits per heavy atom. The number of benzene rings is 1. The lowest BCUT2D eigenvalue weighted by Crippen LogP contribution is -2.28. The Kier molecular flexibility index (Phi) is 9.48. The lowest BCUT2D eigenvalue weighted by atomic mass is 10.1. The fourth-order valence-corrected chi connectivity index (χ4v) is 4.02. The fraction of sp³-hybridized carbons (Fsp3) is 0.409. The first-order valence-corrected chi connectivity index (χ1v) is 11.7. The summed E-state index contributed by atoms with van der Waals surface area (Å²) in [6, 6.07) is 3.26. The van der Waals surface area contributed by atoms with Crippen molar-refractivity contribution < 1.29 is 24.2 Å². The molecule has 0 saturated carbocycles. The second kappa shape index (κ2) is 11.9. The Morgan fingerprint density at radius 1 is 1.27 bits per heavy atom. The number of amides is 2. The molecule has 0 spiro atoms. The van der Waals surface area contributed by atoms with E-state index in [1.165, 1.54) is 24.9 Å². The molecule has 4 N–H and O–H groups in total. The zero-order valence-electron chi connectivity index (χ0n) is 19.1. The minimum atomic E-state index is -0.549. The first-order chi connectivity index (χ1) is 15.6. The first kappa shape index (κ1) is 26.4. The van der Waals surface area contributed by atoms with E-state index < -0.39 is 12.0 Å². The van der Waals surface area contributed by atoms with Crippen LogP contribution < -0.4 is 20.9 Å². The number of carbonyl (C=O) groups is 2. The van der Waals surface area contributed by atoms with Crippen LogP contribution >= 0.6 is 23.4 Å². The largest absolute Gasteiger partial charge is 0.504 e. The van der Waals surface area contributed by atoms with Gasteiger partial charge in [0.2, 0.25) is 0 Å². The van der Waals surface area contributed by atoms with E-state index in [2.05, 4.69) is 20.4 Å². The molecule has 180 valence electrons. The van der Waals surface area contributed by atoms with E-state index in [-0.39, 0.29) is 45.9 Å². The highest BCUT2D eigenvalue weighted by Gasteiger charge is 2.21. The lowest BCUT2D eigenvalue weighted by molar-refractivity contribution is 0.0949. The van der Waals surface area contributed by atoms with Crippen LogP contribution in [0.25, 0.3) is 0 Å². The normalized spacial score (nSPS) is 11.6. The van der Waals surface area contributed by atoms with Gasteiger partial charge in [-0.3, -0.25) is 9.59 Å². The molecule has 0 aliphatic heterocycles. The molecule has 2 amide bonds. The number of aromatic amines is 1. The van der Waals surface area contributed by atoms with Gasteiger partial charge in [-0.15, -0.1) is 11.8 Å². The number of alkyl carbamates (subject to hydrolysis) is 1. The highest BCUT2D eigenvalue weighted by Crippen LogP contribution is 2.40. The van der Waals surface area contributed by atoms with Crippen LogP contribution in [-0.2, 0) is 11.3 Å². The maximum absolute atomic E-state index is 12.8. The Bertz CT molecular complexity index is 1090. The van der Waals surface area contributed by atoms with Crippen molar-refractivity contribution in [2.24, 2.45) is 0 Å². The number of rotatable bonds is 9. The summed E-state index contributed by atoms with van der Waals surface area (Å²) in [4.78, 5) is 39.7. The highest BCUT2D eigenvalue weighted by molar-refractivity contribution is 7.98. The van der Waals surface area contributed by atoms with Gasteiger partial charge < -0.3 is 30.2 Å². The van der Waals surface area contributed by atoms with Crippen LogP contribution in [0.3, 0.4) is 0 Å². The molecule has 1 unspecified atom stereocenters. The van der Waals surface area contributed by atoms with Crippen LogP contribution in [0.2, 0.25) is 5.02 Å². The minimum Gasteiger partial charge on any atom is -0.504 e. The molecule has 0 aliphatic rings. The van der Waals surface area contributed by atoms with E-state index in [0.29, 0.717) is 18.5 Å². The van der Waals surface area contributed by atoms with Crippen molar-refractivity contribution in [1.82, 2.24) is 15.6 Å².